The van der Waals surface area contributed by atoms with Crippen LogP contribution >= 0.6 is 0 Å². The number of carboxylic acid groups (broad SMARTS) is 1. The minimum Gasteiger partial charge on any atom is -0.496 e. The lowest BCUT2D eigenvalue weighted by molar-refractivity contribution is -0.138. The van der Waals surface area contributed by atoms with Crippen molar-refractivity contribution in [1.29, 1.82) is 0 Å². The van der Waals surface area contributed by atoms with Gasteiger partial charge in [0.1, 0.15) is 5.75 Å². The predicted octanol–water partition coefficient (Wildman–Crippen LogP) is 3.90. The van der Waals surface area contributed by atoms with Crippen LogP contribution in [0.15, 0.2) is 42.5 Å². The van der Waals surface area contributed by atoms with E-state index in [0.717, 1.165) is 12.0 Å². The summed E-state index contributed by atoms with van der Waals surface area (Å²) in [6.45, 7) is 2.60. The SMILES string of the molecule is CCCOc1cc(CC(C(=O)O)c2ccccc2OC)ccc1OC. The molecule has 5 heteroatoms. The van der Waals surface area contributed by atoms with Gasteiger partial charge in [-0.25, -0.2) is 0 Å². The van der Waals surface area contributed by atoms with Crippen LogP contribution in [0.4, 0.5) is 0 Å². The van der Waals surface area contributed by atoms with Crippen LogP contribution < -0.4 is 14.2 Å². The summed E-state index contributed by atoms with van der Waals surface area (Å²) in [7, 11) is 3.13. The first-order valence-electron chi connectivity index (χ1n) is 8.26. The highest BCUT2D eigenvalue weighted by atomic mass is 16.5. The van der Waals surface area contributed by atoms with E-state index in [-0.39, 0.29) is 0 Å². The van der Waals surface area contributed by atoms with Gasteiger partial charge in [-0.2, -0.15) is 0 Å². The Morgan fingerprint density at radius 1 is 1.04 bits per heavy atom. The Balaban J connectivity index is 2.32. The maximum absolute atomic E-state index is 11.8. The molecule has 0 fully saturated rings. The molecule has 0 heterocycles. The standard InChI is InChI=1S/C20H24O5/c1-4-11-25-19-13-14(9-10-18(19)24-3)12-16(20(21)22)15-7-5-6-8-17(15)23-2/h5-10,13,16H,4,11-12H2,1-3H3,(H,21,22). The second kappa shape index (κ2) is 8.97. The zero-order chi connectivity index (χ0) is 18.2. The molecule has 2 aromatic rings. The smallest absolute Gasteiger partial charge is 0.311 e. The van der Waals surface area contributed by atoms with Gasteiger partial charge in [-0.1, -0.05) is 31.2 Å². The number of carboxylic acids is 1. The van der Waals surface area contributed by atoms with E-state index in [1.807, 2.05) is 37.3 Å². The summed E-state index contributed by atoms with van der Waals surface area (Å²) >= 11 is 0. The lowest BCUT2D eigenvalue weighted by atomic mass is 9.91. The molecule has 2 aromatic carbocycles. The normalized spacial score (nSPS) is 11.6. The molecule has 0 aliphatic heterocycles. The van der Waals surface area contributed by atoms with Crippen LogP contribution in [0, 0.1) is 0 Å². The van der Waals surface area contributed by atoms with Crippen molar-refractivity contribution in [3.63, 3.8) is 0 Å². The van der Waals surface area contributed by atoms with Gasteiger partial charge in [0.25, 0.3) is 0 Å². The van der Waals surface area contributed by atoms with Crippen molar-refractivity contribution in [1.82, 2.24) is 0 Å². The van der Waals surface area contributed by atoms with Crippen molar-refractivity contribution in [2.75, 3.05) is 20.8 Å². The fourth-order valence-corrected chi connectivity index (χ4v) is 2.69. The largest absolute Gasteiger partial charge is 0.496 e. The van der Waals surface area contributed by atoms with Crippen molar-refractivity contribution in [3.8, 4) is 17.2 Å². The number of ether oxygens (including phenoxy) is 3. The van der Waals surface area contributed by atoms with E-state index in [1.165, 1.54) is 0 Å². The number of hydrogen-bond acceptors (Lipinski definition) is 4. The molecule has 0 saturated carbocycles. The van der Waals surface area contributed by atoms with Gasteiger partial charge in [-0.05, 0) is 36.6 Å². The van der Waals surface area contributed by atoms with Gasteiger partial charge < -0.3 is 19.3 Å². The van der Waals surface area contributed by atoms with Crippen molar-refractivity contribution in [3.05, 3.63) is 53.6 Å². The number of methoxy groups -OCH3 is 2. The molecule has 0 aliphatic rings. The van der Waals surface area contributed by atoms with E-state index in [1.54, 1.807) is 26.4 Å². The second-order valence-corrected chi connectivity index (χ2v) is 5.67. The molecule has 0 aliphatic carbocycles. The maximum Gasteiger partial charge on any atom is 0.311 e. The van der Waals surface area contributed by atoms with Crippen LogP contribution in [0.5, 0.6) is 17.2 Å². The molecule has 0 spiro atoms. The number of carbonyl (C=O) groups is 1. The predicted molar refractivity (Wildman–Crippen MR) is 95.9 cm³/mol. The second-order valence-electron chi connectivity index (χ2n) is 5.67. The van der Waals surface area contributed by atoms with Gasteiger partial charge in [-0.3, -0.25) is 4.79 Å². The van der Waals surface area contributed by atoms with Gasteiger partial charge in [0.05, 0.1) is 26.7 Å². The Bertz CT molecular complexity index is 711. The van der Waals surface area contributed by atoms with Gasteiger partial charge >= 0.3 is 5.97 Å². The summed E-state index contributed by atoms with van der Waals surface area (Å²) in [5.74, 6) is 0.248. The molecule has 0 bridgehead atoms. The van der Waals surface area contributed by atoms with Gasteiger partial charge in [0.2, 0.25) is 0 Å². The fourth-order valence-electron chi connectivity index (χ4n) is 2.69. The average molecular weight is 344 g/mol. The molecule has 25 heavy (non-hydrogen) atoms. The minimum absolute atomic E-state index is 0.336. The highest BCUT2D eigenvalue weighted by molar-refractivity contribution is 5.77. The molecule has 0 radical (unpaired) electrons. The molecule has 0 saturated heterocycles. The molecule has 5 nitrogen and oxygen atoms in total. The summed E-state index contributed by atoms with van der Waals surface area (Å²) in [6.07, 6.45) is 1.22. The van der Waals surface area contributed by atoms with Crippen molar-refractivity contribution in [2.45, 2.75) is 25.7 Å². The molecule has 1 N–H and O–H groups in total. The number of para-hydroxylation sites is 1. The molecular weight excluding hydrogens is 320 g/mol. The van der Waals surface area contributed by atoms with Crippen LogP contribution in [0.3, 0.4) is 0 Å². The number of hydrogen-bond donors (Lipinski definition) is 1. The van der Waals surface area contributed by atoms with E-state index in [4.69, 9.17) is 14.2 Å². The number of benzene rings is 2. The van der Waals surface area contributed by atoms with Crippen LogP contribution in [-0.4, -0.2) is 31.9 Å². The Labute approximate surface area is 148 Å². The summed E-state index contributed by atoms with van der Waals surface area (Å²) in [6, 6.07) is 12.7. The van der Waals surface area contributed by atoms with E-state index in [2.05, 4.69) is 0 Å². The van der Waals surface area contributed by atoms with Crippen LogP contribution in [0.1, 0.15) is 30.4 Å². The third-order valence-electron chi connectivity index (χ3n) is 3.94. The summed E-state index contributed by atoms with van der Waals surface area (Å²) in [5.41, 5.74) is 1.52. The molecule has 0 amide bonds. The zero-order valence-electron chi connectivity index (χ0n) is 14.8. The Kier molecular flexibility index (Phi) is 6.69. The van der Waals surface area contributed by atoms with Crippen LogP contribution in [0.2, 0.25) is 0 Å². The van der Waals surface area contributed by atoms with Crippen LogP contribution in [0.25, 0.3) is 0 Å². The lowest BCUT2D eigenvalue weighted by Crippen LogP contribution is -2.15. The highest BCUT2D eigenvalue weighted by Crippen LogP contribution is 2.33. The van der Waals surface area contributed by atoms with E-state index in [9.17, 15) is 9.90 Å². The Hall–Kier alpha value is -2.69. The van der Waals surface area contributed by atoms with Gasteiger partial charge in [-0.15, -0.1) is 0 Å². The first-order valence-corrected chi connectivity index (χ1v) is 8.26. The van der Waals surface area contributed by atoms with Crippen molar-refractivity contribution >= 4 is 5.97 Å². The monoisotopic (exact) mass is 344 g/mol. The lowest BCUT2D eigenvalue weighted by Gasteiger charge is -2.17. The third-order valence-corrected chi connectivity index (χ3v) is 3.94. The maximum atomic E-state index is 11.8. The van der Waals surface area contributed by atoms with Crippen LogP contribution in [-0.2, 0) is 11.2 Å². The Morgan fingerprint density at radius 3 is 2.40 bits per heavy atom. The minimum atomic E-state index is -0.892. The quantitative estimate of drug-likeness (QED) is 0.747. The molecular formula is C20H24O5. The van der Waals surface area contributed by atoms with E-state index < -0.39 is 11.9 Å². The highest BCUT2D eigenvalue weighted by Gasteiger charge is 2.24. The number of aliphatic carboxylic acids is 1. The van der Waals surface area contributed by atoms with E-state index in [0.29, 0.717) is 35.8 Å². The van der Waals surface area contributed by atoms with E-state index >= 15 is 0 Å². The molecule has 0 aromatic heterocycles. The molecule has 1 atom stereocenters. The molecule has 1 unspecified atom stereocenters. The summed E-state index contributed by atoms with van der Waals surface area (Å²) < 4.78 is 16.3. The number of rotatable bonds is 9. The average Bonchev–Trinajstić information content (AvgIpc) is 2.64. The topological polar surface area (TPSA) is 65.0 Å². The fraction of sp³-hybridized carbons (Fsp3) is 0.350. The summed E-state index contributed by atoms with van der Waals surface area (Å²) in [4.78, 5) is 11.8. The van der Waals surface area contributed by atoms with Crippen molar-refractivity contribution < 1.29 is 24.1 Å². The third kappa shape index (κ3) is 4.66. The van der Waals surface area contributed by atoms with Gasteiger partial charge in [0, 0.05) is 5.56 Å². The first kappa shape index (κ1) is 18.6. The van der Waals surface area contributed by atoms with Crippen molar-refractivity contribution in [2.24, 2.45) is 0 Å². The molecule has 2 rings (SSSR count). The molecule has 134 valence electrons. The first-order chi connectivity index (χ1) is 12.1. The summed E-state index contributed by atoms with van der Waals surface area (Å²) in [5, 5.41) is 9.71. The van der Waals surface area contributed by atoms with Gasteiger partial charge in [0.15, 0.2) is 11.5 Å². The Morgan fingerprint density at radius 2 is 1.76 bits per heavy atom. The zero-order valence-corrected chi connectivity index (χ0v) is 14.8.